The summed E-state index contributed by atoms with van der Waals surface area (Å²) in [6.07, 6.45) is 0.602. The van der Waals surface area contributed by atoms with Gasteiger partial charge in [0.15, 0.2) is 0 Å². The van der Waals surface area contributed by atoms with Crippen LogP contribution in [-0.2, 0) is 16.0 Å². The van der Waals surface area contributed by atoms with E-state index in [1.807, 2.05) is 60.7 Å². The molecule has 1 saturated heterocycles. The molecule has 130 valence electrons. The van der Waals surface area contributed by atoms with Crippen molar-refractivity contribution in [2.24, 2.45) is 0 Å². The van der Waals surface area contributed by atoms with E-state index < -0.39 is 0 Å². The molecule has 2 amide bonds. The van der Waals surface area contributed by atoms with E-state index in [0.29, 0.717) is 32.5 Å². The molecular formula is C20H22N2O3. The number of rotatable bonds is 7. The lowest BCUT2D eigenvalue weighted by Crippen LogP contribution is -2.35. The van der Waals surface area contributed by atoms with Crippen LogP contribution in [0.5, 0.6) is 0 Å². The molecule has 2 aromatic rings. The Bertz CT molecular complexity index is 703. The van der Waals surface area contributed by atoms with Crippen molar-refractivity contribution in [1.82, 2.24) is 10.2 Å². The van der Waals surface area contributed by atoms with Gasteiger partial charge in [0.25, 0.3) is 0 Å². The highest BCUT2D eigenvalue weighted by molar-refractivity contribution is 5.76. The second-order valence-corrected chi connectivity index (χ2v) is 6.06. The first kappa shape index (κ1) is 17.0. The summed E-state index contributed by atoms with van der Waals surface area (Å²) >= 11 is 0. The van der Waals surface area contributed by atoms with Crippen molar-refractivity contribution in [2.45, 2.75) is 18.9 Å². The van der Waals surface area contributed by atoms with Gasteiger partial charge in [-0.25, -0.2) is 4.79 Å². The molecule has 1 heterocycles. The normalized spacial score (nSPS) is 16.6. The van der Waals surface area contributed by atoms with Crippen LogP contribution >= 0.6 is 0 Å². The second-order valence-electron chi connectivity index (χ2n) is 6.06. The number of aryl methyl sites for hydroxylation is 1. The van der Waals surface area contributed by atoms with Crippen molar-refractivity contribution < 1.29 is 14.3 Å². The van der Waals surface area contributed by atoms with E-state index in [0.717, 1.165) is 11.1 Å². The molecule has 0 saturated carbocycles. The Morgan fingerprint density at radius 1 is 1.08 bits per heavy atom. The minimum atomic E-state index is -0.326. The largest absolute Gasteiger partial charge is 0.439 e. The number of hydrogen-bond acceptors (Lipinski definition) is 3. The first-order valence-electron chi connectivity index (χ1n) is 8.53. The number of carbonyl (C=O) groups is 2. The number of benzene rings is 2. The number of nitrogens with one attached hydrogen (secondary N) is 1. The number of cyclic esters (lactones) is 1. The maximum absolute atomic E-state index is 11.9. The third-order valence-corrected chi connectivity index (χ3v) is 4.25. The van der Waals surface area contributed by atoms with Crippen LogP contribution in [0.4, 0.5) is 4.79 Å². The molecule has 0 radical (unpaired) electrons. The van der Waals surface area contributed by atoms with E-state index in [-0.39, 0.29) is 18.1 Å². The number of ether oxygens (including phenoxy) is 1. The van der Waals surface area contributed by atoms with Crippen LogP contribution < -0.4 is 5.32 Å². The molecule has 0 spiro atoms. The Balaban J connectivity index is 1.38. The Kier molecular flexibility index (Phi) is 5.67. The van der Waals surface area contributed by atoms with Gasteiger partial charge in [-0.1, -0.05) is 60.7 Å². The van der Waals surface area contributed by atoms with Crippen LogP contribution in [0, 0.1) is 0 Å². The topological polar surface area (TPSA) is 58.6 Å². The average molecular weight is 338 g/mol. The van der Waals surface area contributed by atoms with E-state index in [9.17, 15) is 9.59 Å². The number of amides is 2. The predicted molar refractivity (Wildman–Crippen MR) is 95.0 cm³/mol. The van der Waals surface area contributed by atoms with E-state index in [1.54, 1.807) is 4.90 Å². The fraction of sp³-hybridized carbons (Fsp3) is 0.300. The molecule has 0 aromatic heterocycles. The molecule has 3 rings (SSSR count). The SMILES string of the molecule is O=C(CCc1ccccc1)NCCN1CC(c2ccccc2)OC1=O. The third-order valence-electron chi connectivity index (χ3n) is 4.25. The van der Waals surface area contributed by atoms with Crippen molar-refractivity contribution in [2.75, 3.05) is 19.6 Å². The van der Waals surface area contributed by atoms with E-state index in [1.165, 1.54) is 0 Å². The minimum Gasteiger partial charge on any atom is -0.439 e. The monoisotopic (exact) mass is 338 g/mol. The average Bonchev–Trinajstić information content (AvgIpc) is 3.02. The van der Waals surface area contributed by atoms with Crippen LogP contribution in [0.2, 0.25) is 0 Å². The van der Waals surface area contributed by atoms with Gasteiger partial charge in [-0.2, -0.15) is 0 Å². The van der Waals surface area contributed by atoms with Gasteiger partial charge in [-0.3, -0.25) is 4.79 Å². The van der Waals surface area contributed by atoms with Crippen molar-refractivity contribution in [3.8, 4) is 0 Å². The van der Waals surface area contributed by atoms with Crippen molar-refractivity contribution in [1.29, 1.82) is 0 Å². The number of nitrogens with zero attached hydrogens (tertiary/aromatic N) is 1. The Hall–Kier alpha value is -2.82. The smallest absolute Gasteiger partial charge is 0.410 e. The van der Waals surface area contributed by atoms with E-state index in [2.05, 4.69) is 5.32 Å². The quantitative estimate of drug-likeness (QED) is 0.844. The van der Waals surface area contributed by atoms with Crippen molar-refractivity contribution in [3.05, 3.63) is 71.8 Å². The molecule has 1 aliphatic heterocycles. The maximum atomic E-state index is 11.9. The molecule has 5 nitrogen and oxygen atoms in total. The second kappa shape index (κ2) is 8.33. The summed E-state index contributed by atoms with van der Waals surface area (Å²) in [6.45, 7) is 1.41. The zero-order chi connectivity index (χ0) is 17.5. The van der Waals surface area contributed by atoms with Gasteiger partial charge in [0.1, 0.15) is 6.10 Å². The molecule has 1 unspecified atom stereocenters. The molecule has 1 fully saturated rings. The maximum Gasteiger partial charge on any atom is 0.410 e. The lowest BCUT2D eigenvalue weighted by molar-refractivity contribution is -0.121. The molecular weight excluding hydrogens is 316 g/mol. The summed E-state index contributed by atoms with van der Waals surface area (Å²) in [5, 5.41) is 2.87. The summed E-state index contributed by atoms with van der Waals surface area (Å²) in [4.78, 5) is 25.5. The summed E-state index contributed by atoms with van der Waals surface area (Å²) < 4.78 is 5.40. The van der Waals surface area contributed by atoms with Gasteiger partial charge in [0.05, 0.1) is 6.54 Å². The summed E-state index contributed by atoms with van der Waals surface area (Å²) in [5.41, 5.74) is 2.14. The van der Waals surface area contributed by atoms with Gasteiger partial charge in [-0.15, -0.1) is 0 Å². The first-order chi connectivity index (χ1) is 12.2. The molecule has 0 bridgehead atoms. The van der Waals surface area contributed by atoms with Crippen LogP contribution in [0.15, 0.2) is 60.7 Å². The highest BCUT2D eigenvalue weighted by Gasteiger charge is 2.31. The number of hydrogen-bond donors (Lipinski definition) is 1. The first-order valence-corrected chi connectivity index (χ1v) is 8.53. The van der Waals surface area contributed by atoms with E-state index >= 15 is 0 Å². The van der Waals surface area contributed by atoms with Gasteiger partial charge < -0.3 is 15.0 Å². The van der Waals surface area contributed by atoms with Gasteiger partial charge in [-0.05, 0) is 17.5 Å². The Morgan fingerprint density at radius 2 is 1.76 bits per heavy atom. The zero-order valence-electron chi connectivity index (χ0n) is 14.1. The van der Waals surface area contributed by atoms with Crippen LogP contribution in [0.1, 0.15) is 23.7 Å². The summed E-state index contributed by atoms with van der Waals surface area (Å²) in [6, 6.07) is 19.6. The molecule has 25 heavy (non-hydrogen) atoms. The fourth-order valence-corrected chi connectivity index (χ4v) is 2.85. The molecule has 1 aliphatic rings. The third kappa shape index (κ3) is 4.83. The lowest BCUT2D eigenvalue weighted by atomic mass is 10.1. The Morgan fingerprint density at radius 3 is 2.48 bits per heavy atom. The van der Waals surface area contributed by atoms with E-state index in [4.69, 9.17) is 4.74 Å². The number of carbonyl (C=O) groups excluding carboxylic acids is 2. The highest BCUT2D eigenvalue weighted by Crippen LogP contribution is 2.25. The lowest BCUT2D eigenvalue weighted by Gasteiger charge is -2.13. The zero-order valence-corrected chi connectivity index (χ0v) is 14.1. The van der Waals surface area contributed by atoms with Crippen LogP contribution in [0.25, 0.3) is 0 Å². The minimum absolute atomic E-state index is 0.00368. The van der Waals surface area contributed by atoms with Gasteiger partial charge in [0.2, 0.25) is 5.91 Å². The van der Waals surface area contributed by atoms with Crippen molar-refractivity contribution >= 4 is 12.0 Å². The molecule has 1 N–H and O–H groups in total. The predicted octanol–water partition coefficient (Wildman–Crippen LogP) is 2.93. The van der Waals surface area contributed by atoms with Gasteiger partial charge >= 0.3 is 6.09 Å². The van der Waals surface area contributed by atoms with Gasteiger partial charge in [0, 0.05) is 19.5 Å². The molecule has 1 atom stereocenters. The molecule has 0 aliphatic carbocycles. The summed E-state index contributed by atoms with van der Waals surface area (Å²) in [5.74, 6) is -0.00368. The van der Waals surface area contributed by atoms with Crippen LogP contribution in [0.3, 0.4) is 0 Å². The summed E-state index contributed by atoms with van der Waals surface area (Å²) in [7, 11) is 0. The highest BCUT2D eigenvalue weighted by atomic mass is 16.6. The molecule has 2 aromatic carbocycles. The standard InChI is InChI=1S/C20H22N2O3/c23-19(12-11-16-7-3-1-4-8-16)21-13-14-22-15-18(25-20(22)24)17-9-5-2-6-10-17/h1-10,18H,11-15H2,(H,21,23). The van der Waals surface area contributed by atoms with Crippen LogP contribution in [-0.4, -0.2) is 36.5 Å². The Labute approximate surface area is 147 Å². The fourth-order valence-electron chi connectivity index (χ4n) is 2.85. The molecule has 5 heteroatoms. The van der Waals surface area contributed by atoms with Crippen molar-refractivity contribution in [3.63, 3.8) is 0 Å².